The van der Waals surface area contributed by atoms with Crippen molar-refractivity contribution in [2.24, 2.45) is 0 Å². The molecule has 0 unspecified atom stereocenters. The van der Waals surface area contributed by atoms with Crippen LogP contribution in [0.4, 0.5) is 10.2 Å². The first-order valence-electron chi connectivity index (χ1n) is 7.38. The van der Waals surface area contributed by atoms with E-state index in [2.05, 4.69) is 20.9 Å². The van der Waals surface area contributed by atoms with Crippen LogP contribution >= 0.6 is 15.9 Å². The van der Waals surface area contributed by atoms with Gasteiger partial charge in [0.25, 0.3) is 5.91 Å². The number of carbonyl (C=O) groups is 1. The number of benzene rings is 1. The summed E-state index contributed by atoms with van der Waals surface area (Å²) < 4.78 is 20.2. The molecule has 0 spiro atoms. The number of carbonyl (C=O) groups excluding carboxylic acids is 1. The summed E-state index contributed by atoms with van der Waals surface area (Å²) in [6.07, 6.45) is 1.62. The molecule has 4 nitrogen and oxygen atoms in total. The number of nitrogens with zero attached hydrogens (tertiary/aromatic N) is 2. The van der Waals surface area contributed by atoms with Crippen molar-refractivity contribution in [3.8, 4) is 11.3 Å². The molecule has 6 heteroatoms. The van der Waals surface area contributed by atoms with Gasteiger partial charge in [-0.3, -0.25) is 9.69 Å². The number of halogens is 2. The lowest BCUT2D eigenvalue weighted by atomic mass is 10.1. The largest absolute Gasteiger partial charge is 0.451 e. The highest BCUT2D eigenvalue weighted by Gasteiger charge is 2.21. The zero-order valence-electron chi connectivity index (χ0n) is 12.9. The van der Waals surface area contributed by atoms with Gasteiger partial charge in [-0.2, -0.15) is 0 Å². The quantitative estimate of drug-likeness (QED) is 0.637. The van der Waals surface area contributed by atoms with Gasteiger partial charge in [-0.05, 0) is 59.3 Å². The van der Waals surface area contributed by atoms with E-state index >= 15 is 0 Å². The third-order valence-corrected chi connectivity index (χ3v) is 3.97. The van der Waals surface area contributed by atoms with Crippen molar-refractivity contribution >= 4 is 27.7 Å². The first kappa shape index (κ1) is 16.4. The van der Waals surface area contributed by atoms with E-state index in [9.17, 15) is 9.18 Å². The topological polar surface area (TPSA) is 46.3 Å². The molecular formula is C18H14BrFN2O2. The summed E-state index contributed by atoms with van der Waals surface area (Å²) >= 11 is 3.31. The van der Waals surface area contributed by atoms with Gasteiger partial charge in [0.1, 0.15) is 17.4 Å². The summed E-state index contributed by atoms with van der Waals surface area (Å²) in [6, 6.07) is 13.0. The third kappa shape index (κ3) is 3.23. The zero-order valence-corrected chi connectivity index (χ0v) is 14.5. The predicted octanol–water partition coefficient (Wildman–Crippen LogP) is 4.91. The van der Waals surface area contributed by atoms with E-state index in [1.807, 2.05) is 13.0 Å². The molecule has 0 atom stereocenters. The predicted molar refractivity (Wildman–Crippen MR) is 93.4 cm³/mol. The fourth-order valence-corrected chi connectivity index (χ4v) is 2.56. The first-order chi connectivity index (χ1) is 11.6. The molecule has 0 aliphatic rings. The number of hydrogen-bond acceptors (Lipinski definition) is 3. The molecule has 3 aromatic rings. The summed E-state index contributed by atoms with van der Waals surface area (Å²) in [4.78, 5) is 18.4. The highest BCUT2D eigenvalue weighted by Crippen LogP contribution is 2.26. The summed E-state index contributed by atoms with van der Waals surface area (Å²) in [5.74, 6) is 0.258. The molecular weight excluding hydrogens is 375 g/mol. The smallest absolute Gasteiger partial charge is 0.295 e. The molecule has 0 saturated carbocycles. The van der Waals surface area contributed by atoms with Gasteiger partial charge in [0.2, 0.25) is 0 Å². The Balaban J connectivity index is 1.90. The second kappa shape index (κ2) is 6.97. The standard InChI is InChI=1S/C18H14BrFN2O2/c1-2-22(17-10-7-12(19)11-21-17)18(23)16-9-8-15(24-16)13-5-3-4-6-14(13)20/h3-11H,2H2,1H3. The Kier molecular flexibility index (Phi) is 4.76. The summed E-state index contributed by atoms with van der Waals surface area (Å²) in [6.45, 7) is 2.28. The van der Waals surface area contributed by atoms with Gasteiger partial charge < -0.3 is 4.42 Å². The van der Waals surface area contributed by atoms with E-state index in [0.717, 1.165) is 4.47 Å². The zero-order chi connectivity index (χ0) is 17.1. The number of pyridine rings is 1. The molecule has 0 bridgehead atoms. The fourth-order valence-electron chi connectivity index (χ4n) is 2.33. The Bertz CT molecular complexity index is 861. The Labute approximate surface area is 147 Å². The number of anilines is 1. The Morgan fingerprint density at radius 1 is 1.21 bits per heavy atom. The van der Waals surface area contributed by atoms with Crippen molar-refractivity contribution in [2.75, 3.05) is 11.4 Å². The fraction of sp³-hybridized carbons (Fsp3) is 0.111. The van der Waals surface area contributed by atoms with Gasteiger partial charge in [-0.1, -0.05) is 12.1 Å². The number of hydrogen-bond donors (Lipinski definition) is 0. The van der Waals surface area contributed by atoms with Crippen LogP contribution in [-0.2, 0) is 0 Å². The lowest BCUT2D eigenvalue weighted by molar-refractivity contribution is 0.0961. The molecule has 1 aromatic carbocycles. The van der Waals surface area contributed by atoms with Crippen LogP contribution in [0.25, 0.3) is 11.3 Å². The van der Waals surface area contributed by atoms with Crippen LogP contribution < -0.4 is 4.90 Å². The third-order valence-electron chi connectivity index (χ3n) is 3.51. The average molecular weight is 389 g/mol. The average Bonchev–Trinajstić information content (AvgIpc) is 3.07. The SMILES string of the molecule is CCN(C(=O)c1ccc(-c2ccccc2F)o1)c1ccc(Br)cn1. The van der Waals surface area contributed by atoms with Crippen molar-refractivity contribution in [2.45, 2.75) is 6.92 Å². The van der Waals surface area contributed by atoms with E-state index in [1.54, 1.807) is 42.6 Å². The normalized spacial score (nSPS) is 10.6. The van der Waals surface area contributed by atoms with E-state index in [0.29, 0.717) is 23.7 Å². The van der Waals surface area contributed by atoms with Crippen LogP contribution in [-0.4, -0.2) is 17.4 Å². The minimum atomic E-state index is -0.396. The van der Waals surface area contributed by atoms with E-state index in [4.69, 9.17) is 4.42 Å². The van der Waals surface area contributed by atoms with Crippen LogP contribution in [0, 0.1) is 5.82 Å². The molecule has 1 amide bonds. The minimum Gasteiger partial charge on any atom is -0.451 e. The molecule has 0 N–H and O–H groups in total. The number of furan rings is 1. The van der Waals surface area contributed by atoms with E-state index < -0.39 is 5.82 Å². The molecule has 2 heterocycles. The van der Waals surface area contributed by atoms with Crippen LogP contribution in [0.5, 0.6) is 0 Å². The Morgan fingerprint density at radius 2 is 2.00 bits per heavy atom. The maximum Gasteiger partial charge on any atom is 0.295 e. The van der Waals surface area contributed by atoms with Crippen LogP contribution in [0.15, 0.2) is 63.6 Å². The van der Waals surface area contributed by atoms with Gasteiger partial charge in [0.05, 0.1) is 5.56 Å². The maximum atomic E-state index is 13.8. The number of aromatic nitrogens is 1. The Morgan fingerprint density at radius 3 is 2.67 bits per heavy atom. The van der Waals surface area contributed by atoms with Gasteiger partial charge in [-0.15, -0.1) is 0 Å². The Hall–Kier alpha value is -2.47. The van der Waals surface area contributed by atoms with Crippen molar-refractivity contribution in [1.82, 2.24) is 4.98 Å². The molecule has 0 aliphatic carbocycles. The molecule has 122 valence electrons. The van der Waals surface area contributed by atoms with Crippen LogP contribution in [0.2, 0.25) is 0 Å². The summed E-state index contributed by atoms with van der Waals surface area (Å²) in [5, 5.41) is 0. The monoisotopic (exact) mass is 388 g/mol. The molecule has 0 aliphatic heterocycles. The van der Waals surface area contributed by atoms with Crippen molar-refractivity contribution in [3.63, 3.8) is 0 Å². The van der Waals surface area contributed by atoms with Gasteiger partial charge in [-0.25, -0.2) is 9.37 Å². The number of amides is 1. The van der Waals surface area contributed by atoms with Gasteiger partial charge >= 0.3 is 0 Å². The van der Waals surface area contributed by atoms with Gasteiger partial charge in [0, 0.05) is 17.2 Å². The summed E-state index contributed by atoms with van der Waals surface area (Å²) in [5.41, 5.74) is 0.321. The first-order valence-corrected chi connectivity index (χ1v) is 8.17. The highest BCUT2D eigenvalue weighted by molar-refractivity contribution is 9.10. The molecule has 3 rings (SSSR count). The second-order valence-corrected chi connectivity index (χ2v) is 5.94. The van der Waals surface area contributed by atoms with Gasteiger partial charge in [0.15, 0.2) is 5.76 Å². The number of rotatable bonds is 4. The molecule has 2 aromatic heterocycles. The van der Waals surface area contributed by atoms with E-state index in [-0.39, 0.29) is 11.7 Å². The van der Waals surface area contributed by atoms with Crippen LogP contribution in [0.3, 0.4) is 0 Å². The summed E-state index contributed by atoms with van der Waals surface area (Å²) in [7, 11) is 0. The molecule has 24 heavy (non-hydrogen) atoms. The van der Waals surface area contributed by atoms with E-state index in [1.165, 1.54) is 11.0 Å². The minimum absolute atomic E-state index is 0.139. The lowest BCUT2D eigenvalue weighted by Crippen LogP contribution is -2.31. The second-order valence-electron chi connectivity index (χ2n) is 5.03. The molecule has 0 saturated heterocycles. The van der Waals surface area contributed by atoms with Crippen molar-refractivity contribution in [1.29, 1.82) is 0 Å². The van der Waals surface area contributed by atoms with Crippen molar-refractivity contribution in [3.05, 3.63) is 70.8 Å². The molecule has 0 radical (unpaired) electrons. The molecule has 0 fully saturated rings. The highest BCUT2D eigenvalue weighted by atomic mass is 79.9. The van der Waals surface area contributed by atoms with Crippen LogP contribution in [0.1, 0.15) is 17.5 Å². The van der Waals surface area contributed by atoms with Crippen molar-refractivity contribution < 1.29 is 13.6 Å². The lowest BCUT2D eigenvalue weighted by Gasteiger charge is -2.18. The maximum absolute atomic E-state index is 13.8.